The highest BCUT2D eigenvalue weighted by atomic mass is 79.9. The van der Waals surface area contributed by atoms with Crippen molar-refractivity contribution in [2.45, 2.75) is 32.2 Å². The number of nitrogens with zero attached hydrogens (tertiary/aromatic N) is 2. The standard InChI is InChI=1S/C16H17BrN4O3S/c17-9-6-10-13(19-7-9)14-15(25-10)16(24)21-11(20-14)8-18-5-3-1-2-4-12(22)23/h6-7,18H,1-5,8H2,(H,22,23)(H,20,21,24). The van der Waals surface area contributed by atoms with Crippen molar-refractivity contribution >= 4 is 53.7 Å². The zero-order chi connectivity index (χ0) is 17.8. The van der Waals surface area contributed by atoms with E-state index in [-0.39, 0.29) is 12.0 Å². The Bertz CT molecular complexity index is 969. The topological polar surface area (TPSA) is 108 Å². The monoisotopic (exact) mass is 424 g/mol. The predicted molar refractivity (Wildman–Crippen MR) is 101 cm³/mol. The van der Waals surface area contributed by atoms with Gasteiger partial charge in [0.25, 0.3) is 5.56 Å². The molecule has 7 nitrogen and oxygen atoms in total. The number of aliphatic carboxylic acids is 1. The second-order valence-corrected chi connectivity index (χ2v) is 7.64. The summed E-state index contributed by atoms with van der Waals surface area (Å²) in [6.45, 7) is 1.20. The van der Waals surface area contributed by atoms with Crippen LogP contribution in [0.3, 0.4) is 0 Å². The molecule has 3 N–H and O–H groups in total. The molecule has 0 radical (unpaired) electrons. The van der Waals surface area contributed by atoms with E-state index < -0.39 is 5.97 Å². The lowest BCUT2D eigenvalue weighted by Gasteiger charge is -2.04. The number of rotatable bonds is 8. The number of hydrogen-bond acceptors (Lipinski definition) is 6. The molecule has 0 aliphatic rings. The van der Waals surface area contributed by atoms with Crippen LogP contribution in [0.2, 0.25) is 0 Å². The highest BCUT2D eigenvalue weighted by molar-refractivity contribution is 9.10. The van der Waals surface area contributed by atoms with Crippen LogP contribution in [0.15, 0.2) is 21.5 Å². The van der Waals surface area contributed by atoms with Gasteiger partial charge in [0, 0.05) is 17.1 Å². The highest BCUT2D eigenvalue weighted by Crippen LogP contribution is 2.30. The van der Waals surface area contributed by atoms with Crippen LogP contribution < -0.4 is 10.9 Å². The number of carbonyl (C=O) groups is 1. The summed E-state index contributed by atoms with van der Waals surface area (Å²) in [4.78, 5) is 34.5. The van der Waals surface area contributed by atoms with Crippen LogP contribution >= 0.6 is 27.3 Å². The Kier molecular flexibility index (Phi) is 5.77. The van der Waals surface area contributed by atoms with Gasteiger partial charge in [-0.3, -0.25) is 14.6 Å². The molecule has 0 saturated heterocycles. The minimum atomic E-state index is -0.758. The second kappa shape index (κ2) is 8.03. The fourth-order valence-electron chi connectivity index (χ4n) is 2.54. The first-order valence-corrected chi connectivity index (χ1v) is 9.55. The van der Waals surface area contributed by atoms with Crippen molar-refractivity contribution in [3.63, 3.8) is 0 Å². The molecule has 0 atom stereocenters. The number of aromatic amines is 1. The maximum absolute atomic E-state index is 12.3. The lowest BCUT2D eigenvalue weighted by molar-refractivity contribution is -0.137. The summed E-state index contributed by atoms with van der Waals surface area (Å²) in [5, 5.41) is 11.8. The van der Waals surface area contributed by atoms with Crippen molar-refractivity contribution < 1.29 is 9.90 Å². The summed E-state index contributed by atoms with van der Waals surface area (Å²) >= 11 is 4.77. The van der Waals surface area contributed by atoms with Gasteiger partial charge in [0.05, 0.1) is 11.2 Å². The Morgan fingerprint density at radius 1 is 1.32 bits per heavy atom. The largest absolute Gasteiger partial charge is 0.481 e. The van der Waals surface area contributed by atoms with E-state index in [1.165, 1.54) is 11.3 Å². The van der Waals surface area contributed by atoms with Crippen LogP contribution in [0.25, 0.3) is 20.4 Å². The Morgan fingerprint density at radius 3 is 2.96 bits per heavy atom. The Balaban J connectivity index is 1.65. The van der Waals surface area contributed by atoms with Gasteiger partial charge in [-0.15, -0.1) is 11.3 Å². The third kappa shape index (κ3) is 4.42. The van der Waals surface area contributed by atoms with E-state index in [9.17, 15) is 9.59 Å². The zero-order valence-corrected chi connectivity index (χ0v) is 15.7. The van der Waals surface area contributed by atoms with E-state index in [2.05, 4.69) is 36.2 Å². The van der Waals surface area contributed by atoms with Gasteiger partial charge in [-0.05, 0) is 41.4 Å². The molecule has 0 saturated carbocycles. The molecule has 132 valence electrons. The average Bonchev–Trinajstić information content (AvgIpc) is 2.92. The average molecular weight is 425 g/mol. The molecule has 0 fully saturated rings. The molecule has 0 aromatic carbocycles. The fourth-order valence-corrected chi connectivity index (χ4v) is 4.06. The highest BCUT2D eigenvalue weighted by Gasteiger charge is 2.12. The van der Waals surface area contributed by atoms with Crippen molar-refractivity contribution in [3.05, 3.63) is 32.9 Å². The molecule has 0 aliphatic heterocycles. The van der Waals surface area contributed by atoms with Gasteiger partial charge in [0.1, 0.15) is 21.6 Å². The minimum absolute atomic E-state index is 0.151. The summed E-state index contributed by atoms with van der Waals surface area (Å²) in [6, 6.07) is 1.93. The SMILES string of the molecule is O=C(O)CCCCCNCc1nc2c(sc3cc(Br)cnc32)c(=O)[nH]1. The maximum Gasteiger partial charge on any atom is 0.303 e. The molecule has 0 spiro atoms. The van der Waals surface area contributed by atoms with Crippen molar-refractivity contribution in [2.75, 3.05) is 6.54 Å². The summed E-state index contributed by atoms with van der Waals surface area (Å²) in [5.74, 6) is -0.181. The van der Waals surface area contributed by atoms with Gasteiger partial charge >= 0.3 is 5.97 Å². The molecule has 3 rings (SSSR count). The number of carboxylic acids is 1. The summed E-state index contributed by atoms with van der Waals surface area (Å²) < 4.78 is 2.37. The van der Waals surface area contributed by atoms with Gasteiger partial charge in [-0.25, -0.2) is 4.98 Å². The zero-order valence-electron chi connectivity index (χ0n) is 13.3. The number of unbranched alkanes of at least 4 members (excludes halogenated alkanes) is 2. The van der Waals surface area contributed by atoms with Crippen LogP contribution in [0, 0.1) is 0 Å². The molecule has 3 aromatic rings. The molecular weight excluding hydrogens is 408 g/mol. The summed E-state index contributed by atoms with van der Waals surface area (Å²) in [6.07, 6.45) is 4.33. The molecule has 0 unspecified atom stereocenters. The number of aromatic nitrogens is 3. The first kappa shape index (κ1) is 18.0. The lowest BCUT2D eigenvalue weighted by atomic mass is 10.2. The maximum atomic E-state index is 12.3. The number of hydrogen-bond donors (Lipinski definition) is 3. The van der Waals surface area contributed by atoms with Crippen molar-refractivity contribution in [1.29, 1.82) is 0 Å². The number of H-pyrrole nitrogens is 1. The fraction of sp³-hybridized carbons (Fsp3) is 0.375. The Hall–Kier alpha value is -1.84. The third-order valence-electron chi connectivity index (χ3n) is 3.72. The Labute approximate surface area is 155 Å². The summed E-state index contributed by atoms with van der Waals surface area (Å²) in [5.41, 5.74) is 1.22. The first-order chi connectivity index (χ1) is 12.0. The number of pyridine rings is 1. The van der Waals surface area contributed by atoms with Gasteiger partial charge in [-0.1, -0.05) is 6.42 Å². The van der Waals surface area contributed by atoms with E-state index >= 15 is 0 Å². The number of halogens is 1. The quantitative estimate of drug-likeness (QED) is 0.479. The van der Waals surface area contributed by atoms with Crippen LogP contribution in [0.1, 0.15) is 31.5 Å². The molecule has 3 heterocycles. The van der Waals surface area contributed by atoms with Gasteiger partial charge in [0.2, 0.25) is 0 Å². The van der Waals surface area contributed by atoms with E-state index in [1.54, 1.807) is 6.20 Å². The van der Waals surface area contributed by atoms with Gasteiger partial charge in [-0.2, -0.15) is 0 Å². The van der Waals surface area contributed by atoms with E-state index in [1.807, 2.05) is 6.07 Å². The lowest BCUT2D eigenvalue weighted by Crippen LogP contribution is -2.20. The van der Waals surface area contributed by atoms with Crippen molar-refractivity contribution in [2.24, 2.45) is 0 Å². The molecule has 3 aromatic heterocycles. The normalized spacial score (nSPS) is 11.4. The molecule has 0 bridgehead atoms. The number of fused-ring (bicyclic) bond motifs is 3. The minimum Gasteiger partial charge on any atom is -0.481 e. The van der Waals surface area contributed by atoms with Crippen molar-refractivity contribution in [3.8, 4) is 0 Å². The predicted octanol–water partition coefficient (Wildman–Crippen LogP) is 3.03. The molecule has 9 heteroatoms. The first-order valence-electron chi connectivity index (χ1n) is 7.94. The molecule has 25 heavy (non-hydrogen) atoms. The summed E-state index contributed by atoms with van der Waals surface area (Å²) in [7, 11) is 0. The van der Waals surface area contributed by atoms with Crippen LogP contribution in [0.5, 0.6) is 0 Å². The van der Waals surface area contributed by atoms with E-state index in [0.717, 1.165) is 34.1 Å². The van der Waals surface area contributed by atoms with E-state index in [0.29, 0.717) is 29.0 Å². The number of nitrogens with one attached hydrogen (secondary N) is 2. The van der Waals surface area contributed by atoms with E-state index in [4.69, 9.17) is 5.11 Å². The van der Waals surface area contributed by atoms with Gasteiger partial charge in [0.15, 0.2) is 0 Å². The van der Waals surface area contributed by atoms with Crippen LogP contribution in [-0.4, -0.2) is 32.6 Å². The molecule has 0 amide bonds. The molecule has 0 aliphatic carbocycles. The van der Waals surface area contributed by atoms with Crippen molar-refractivity contribution in [1.82, 2.24) is 20.3 Å². The number of thiophene rings is 1. The van der Waals surface area contributed by atoms with Gasteiger partial charge < -0.3 is 15.4 Å². The Morgan fingerprint density at radius 2 is 2.16 bits per heavy atom. The number of carboxylic acid groups (broad SMARTS) is 1. The molecular formula is C16H17BrN4O3S. The second-order valence-electron chi connectivity index (χ2n) is 5.67. The third-order valence-corrected chi connectivity index (χ3v) is 5.27. The smallest absolute Gasteiger partial charge is 0.303 e. The van der Waals surface area contributed by atoms with Crippen LogP contribution in [-0.2, 0) is 11.3 Å². The van der Waals surface area contributed by atoms with Crippen LogP contribution in [0.4, 0.5) is 0 Å².